The molecule has 0 aromatic heterocycles. The van der Waals surface area contributed by atoms with E-state index in [0.29, 0.717) is 17.7 Å². The van der Waals surface area contributed by atoms with Crippen LogP contribution in [0.2, 0.25) is 0 Å². The molecule has 2 aliphatic carbocycles. The lowest BCUT2D eigenvalue weighted by atomic mass is 9.98. The highest BCUT2D eigenvalue weighted by molar-refractivity contribution is 5.13. The monoisotopic (exact) mass is 211 g/mol. The summed E-state index contributed by atoms with van der Waals surface area (Å²) in [5, 5.41) is 9.21. The third-order valence-electron chi connectivity index (χ3n) is 4.14. The summed E-state index contributed by atoms with van der Waals surface area (Å²) < 4.78 is 0. The molecule has 0 aromatic carbocycles. The lowest BCUT2D eigenvalue weighted by Crippen LogP contribution is -2.47. The zero-order chi connectivity index (χ0) is 11.1. The second-order valence-electron chi connectivity index (χ2n) is 6.19. The molecule has 2 saturated carbocycles. The molecule has 0 aliphatic heterocycles. The molecule has 1 N–H and O–H groups in total. The highest BCUT2D eigenvalue weighted by Crippen LogP contribution is 2.55. The second kappa shape index (κ2) is 3.74. The van der Waals surface area contributed by atoms with Crippen molar-refractivity contribution in [1.29, 1.82) is 0 Å². The molecule has 0 heterocycles. The van der Waals surface area contributed by atoms with Gasteiger partial charge in [-0.05, 0) is 44.9 Å². The van der Waals surface area contributed by atoms with E-state index in [1.807, 2.05) is 0 Å². The van der Waals surface area contributed by atoms with Gasteiger partial charge in [0.05, 0.1) is 6.61 Å². The summed E-state index contributed by atoms with van der Waals surface area (Å²) in [5.41, 5.74) is 0.885. The minimum atomic E-state index is 0.315. The van der Waals surface area contributed by atoms with Crippen molar-refractivity contribution in [3.8, 4) is 0 Å². The van der Waals surface area contributed by atoms with Crippen molar-refractivity contribution in [3.05, 3.63) is 0 Å². The van der Waals surface area contributed by atoms with E-state index in [4.69, 9.17) is 0 Å². The van der Waals surface area contributed by atoms with E-state index in [9.17, 15) is 5.11 Å². The predicted molar refractivity (Wildman–Crippen MR) is 62.9 cm³/mol. The summed E-state index contributed by atoms with van der Waals surface area (Å²) >= 11 is 0. The minimum absolute atomic E-state index is 0.315. The van der Waals surface area contributed by atoms with Crippen LogP contribution in [0, 0.1) is 5.92 Å². The summed E-state index contributed by atoms with van der Waals surface area (Å²) in [5.74, 6) is 0.774. The summed E-state index contributed by atoms with van der Waals surface area (Å²) in [6, 6.07) is 0. The Morgan fingerprint density at radius 3 is 2.13 bits per heavy atom. The Labute approximate surface area is 93.7 Å². The van der Waals surface area contributed by atoms with Crippen molar-refractivity contribution >= 4 is 0 Å². The van der Waals surface area contributed by atoms with Gasteiger partial charge in [-0.15, -0.1) is 0 Å². The smallest absolute Gasteiger partial charge is 0.0558 e. The minimum Gasteiger partial charge on any atom is -0.395 e. The Hall–Kier alpha value is -0.0800. The van der Waals surface area contributed by atoms with Gasteiger partial charge in [-0.1, -0.05) is 13.8 Å². The van der Waals surface area contributed by atoms with Gasteiger partial charge in [0, 0.05) is 17.6 Å². The van der Waals surface area contributed by atoms with E-state index in [1.54, 1.807) is 0 Å². The Morgan fingerprint density at radius 2 is 1.80 bits per heavy atom. The first kappa shape index (κ1) is 11.4. The van der Waals surface area contributed by atoms with Gasteiger partial charge in [0.15, 0.2) is 0 Å². The van der Waals surface area contributed by atoms with Crippen LogP contribution >= 0.6 is 0 Å². The molecule has 88 valence electrons. The third kappa shape index (κ3) is 2.21. The van der Waals surface area contributed by atoms with E-state index < -0.39 is 0 Å². The summed E-state index contributed by atoms with van der Waals surface area (Å²) in [6.07, 6.45) is 6.66. The molecule has 15 heavy (non-hydrogen) atoms. The maximum Gasteiger partial charge on any atom is 0.0558 e. The fourth-order valence-corrected chi connectivity index (χ4v) is 3.12. The van der Waals surface area contributed by atoms with Gasteiger partial charge in [-0.2, -0.15) is 0 Å². The first-order valence-corrected chi connectivity index (χ1v) is 6.41. The molecule has 0 spiro atoms. The summed E-state index contributed by atoms with van der Waals surface area (Å²) in [7, 11) is 0. The van der Waals surface area contributed by atoms with Crippen molar-refractivity contribution in [2.24, 2.45) is 5.92 Å². The maximum absolute atomic E-state index is 9.21. The molecule has 0 bridgehead atoms. The highest BCUT2D eigenvalue weighted by Gasteiger charge is 2.57. The first-order valence-electron chi connectivity index (χ1n) is 6.41. The average Bonchev–Trinajstić information content (AvgIpc) is 3.02. The van der Waals surface area contributed by atoms with Gasteiger partial charge >= 0.3 is 0 Å². The zero-order valence-electron chi connectivity index (χ0n) is 10.4. The Bertz CT molecular complexity index is 229. The van der Waals surface area contributed by atoms with Crippen LogP contribution in [0.5, 0.6) is 0 Å². The lowest BCUT2D eigenvalue weighted by molar-refractivity contribution is 0.0700. The van der Waals surface area contributed by atoms with Crippen LogP contribution in [0.3, 0.4) is 0 Å². The molecular formula is C13H25NO. The number of aliphatic hydroxyl groups is 1. The fourth-order valence-electron chi connectivity index (χ4n) is 3.12. The third-order valence-corrected chi connectivity index (χ3v) is 4.14. The number of nitrogens with zero attached hydrogens (tertiary/aromatic N) is 1. The van der Waals surface area contributed by atoms with E-state index in [2.05, 4.69) is 25.7 Å². The van der Waals surface area contributed by atoms with Gasteiger partial charge in [0.25, 0.3) is 0 Å². The normalized spacial score (nSPS) is 26.0. The summed E-state index contributed by atoms with van der Waals surface area (Å²) in [6.45, 7) is 8.18. The van der Waals surface area contributed by atoms with Gasteiger partial charge in [0.1, 0.15) is 0 Å². The molecule has 0 radical (unpaired) electrons. The number of hydrogen-bond acceptors (Lipinski definition) is 2. The molecular weight excluding hydrogens is 186 g/mol. The van der Waals surface area contributed by atoms with Crippen LogP contribution < -0.4 is 0 Å². The average molecular weight is 211 g/mol. The molecule has 2 fully saturated rings. The van der Waals surface area contributed by atoms with Gasteiger partial charge in [-0.3, -0.25) is 4.90 Å². The van der Waals surface area contributed by atoms with E-state index in [0.717, 1.165) is 12.5 Å². The van der Waals surface area contributed by atoms with Crippen LogP contribution in [0.15, 0.2) is 0 Å². The summed E-state index contributed by atoms with van der Waals surface area (Å²) in [4.78, 5) is 2.62. The molecule has 2 rings (SSSR count). The zero-order valence-corrected chi connectivity index (χ0v) is 10.4. The van der Waals surface area contributed by atoms with E-state index in [1.165, 1.54) is 32.1 Å². The molecule has 0 aromatic rings. The van der Waals surface area contributed by atoms with Crippen molar-refractivity contribution in [3.63, 3.8) is 0 Å². The highest BCUT2D eigenvalue weighted by atomic mass is 16.3. The van der Waals surface area contributed by atoms with Crippen LogP contribution in [-0.4, -0.2) is 34.2 Å². The van der Waals surface area contributed by atoms with Crippen LogP contribution in [0.1, 0.15) is 52.9 Å². The van der Waals surface area contributed by atoms with Crippen LogP contribution in [0.25, 0.3) is 0 Å². The van der Waals surface area contributed by atoms with Gasteiger partial charge in [-0.25, -0.2) is 0 Å². The molecule has 0 unspecified atom stereocenters. The molecule has 0 amide bonds. The quantitative estimate of drug-likeness (QED) is 0.729. The topological polar surface area (TPSA) is 23.5 Å². The van der Waals surface area contributed by atoms with Gasteiger partial charge < -0.3 is 5.11 Å². The van der Waals surface area contributed by atoms with E-state index >= 15 is 0 Å². The molecule has 2 nitrogen and oxygen atoms in total. The predicted octanol–water partition coefficient (Wildman–Crippen LogP) is 2.41. The molecule has 0 atom stereocenters. The molecule has 2 heteroatoms. The SMILES string of the molecule is CC(C)CC1(N(CCO)C2(C)CC2)CC1. The second-order valence-corrected chi connectivity index (χ2v) is 6.19. The largest absolute Gasteiger partial charge is 0.395 e. The van der Waals surface area contributed by atoms with Crippen LogP contribution in [-0.2, 0) is 0 Å². The van der Waals surface area contributed by atoms with Gasteiger partial charge in [0.2, 0.25) is 0 Å². The van der Waals surface area contributed by atoms with Crippen molar-refractivity contribution in [2.45, 2.75) is 64.0 Å². The Kier molecular flexibility index (Phi) is 2.85. The van der Waals surface area contributed by atoms with Crippen molar-refractivity contribution < 1.29 is 5.11 Å². The number of rotatable bonds is 6. The van der Waals surface area contributed by atoms with Crippen molar-refractivity contribution in [1.82, 2.24) is 4.90 Å². The maximum atomic E-state index is 9.21. The number of hydrogen-bond donors (Lipinski definition) is 1. The Morgan fingerprint density at radius 1 is 1.20 bits per heavy atom. The fraction of sp³-hybridized carbons (Fsp3) is 1.00. The number of β-amino-alcohol motifs (C(OH)–C–C–N with tert-alkyl or cyclic N) is 1. The molecule has 2 aliphatic rings. The molecule has 0 saturated heterocycles. The van der Waals surface area contributed by atoms with Crippen molar-refractivity contribution in [2.75, 3.05) is 13.2 Å². The van der Waals surface area contributed by atoms with E-state index in [-0.39, 0.29) is 0 Å². The standard InChI is InChI=1S/C13H25NO/c1-11(2)10-13(6-7-13)14(8-9-15)12(3)4-5-12/h11,15H,4-10H2,1-3H3. The lowest BCUT2D eigenvalue weighted by Gasteiger charge is -2.38. The first-order chi connectivity index (χ1) is 7.02. The Balaban J connectivity index is 2.04. The van der Waals surface area contributed by atoms with Crippen LogP contribution in [0.4, 0.5) is 0 Å². The number of aliphatic hydroxyl groups excluding tert-OH is 1.